The van der Waals surface area contributed by atoms with Gasteiger partial charge in [0.25, 0.3) is 5.91 Å². The number of hydrogen-bond donors (Lipinski definition) is 1. The molecule has 1 unspecified atom stereocenters. The summed E-state index contributed by atoms with van der Waals surface area (Å²) in [5, 5.41) is 6.79. The summed E-state index contributed by atoms with van der Waals surface area (Å²) in [4.78, 5) is 12.4. The monoisotopic (exact) mass is 309 g/mol. The molecule has 2 rings (SSSR count). The Labute approximate surface area is 126 Å². The third-order valence-electron chi connectivity index (χ3n) is 3.37. The van der Waals surface area contributed by atoms with Gasteiger partial charge in [-0.1, -0.05) is 6.07 Å². The number of hydrogen-bond acceptors (Lipinski definition) is 3. The van der Waals surface area contributed by atoms with E-state index in [2.05, 4.69) is 10.4 Å². The van der Waals surface area contributed by atoms with Crippen molar-refractivity contribution in [2.24, 2.45) is 7.05 Å². The number of nitrogens with one attached hydrogen (secondary N) is 1. The van der Waals surface area contributed by atoms with Crippen LogP contribution in [0.15, 0.2) is 18.2 Å². The normalized spacial score (nSPS) is 12.1. The van der Waals surface area contributed by atoms with Crippen LogP contribution in [-0.2, 0) is 7.05 Å². The number of amides is 1. The molecule has 1 heterocycles. The molecule has 1 atom stereocenters. The van der Waals surface area contributed by atoms with E-state index in [1.165, 1.54) is 17.9 Å². The second-order valence-corrected chi connectivity index (χ2v) is 4.95. The summed E-state index contributed by atoms with van der Waals surface area (Å²) in [6, 6.07) is 2.62. The standard InChI is InChI=1S/C15H17F2N3O2/c1-8(11-6-5-10(16)7-12(11)17)18-14(21)13-9(2)19-20(3)15(13)22-4/h5-8H,1-4H3,(H,18,21). The van der Waals surface area contributed by atoms with Gasteiger partial charge in [0.15, 0.2) is 0 Å². The van der Waals surface area contributed by atoms with Gasteiger partial charge in [-0.3, -0.25) is 4.79 Å². The SMILES string of the molecule is COc1c(C(=O)NC(C)c2ccc(F)cc2F)c(C)nn1C. The van der Waals surface area contributed by atoms with E-state index in [0.717, 1.165) is 12.1 Å². The molecule has 1 amide bonds. The Morgan fingerprint density at radius 1 is 1.41 bits per heavy atom. The molecule has 2 aromatic rings. The number of nitrogens with zero attached hydrogens (tertiary/aromatic N) is 2. The van der Waals surface area contributed by atoms with Gasteiger partial charge in [0.1, 0.15) is 17.2 Å². The maximum atomic E-state index is 13.8. The van der Waals surface area contributed by atoms with Gasteiger partial charge in [0.05, 0.1) is 18.8 Å². The fourth-order valence-corrected chi connectivity index (χ4v) is 2.33. The molecule has 0 aliphatic heterocycles. The quantitative estimate of drug-likeness (QED) is 0.944. The van der Waals surface area contributed by atoms with E-state index in [-0.39, 0.29) is 5.56 Å². The summed E-state index contributed by atoms with van der Waals surface area (Å²) < 4.78 is 33.3. The van der Waals surface area contributed by atoms with Crippen molar-refractivity contribution in [3.8, 4) is 5.88 Å². The number of carbonyl (C=O) groups is 1. The number of halogens is 2. The minimum absolute atomic E-state index is 0.204. The van der Waals surface area contributed by atoms with Crippen molar-refractivity contribution in [1.29, 1.82) is 0 Å². The fraction of sp³-hybridized carbons (Fsp3) is 0.333. The molecule has 1 aromatic heterocycles. The van der Waals surface area contributed by atoms with Gasteiger partial charge in [-0.2, -0.15) is 5.10 Å². The van der Waals surface area contributed by atoms with E-state index < -0.39 is 23.6 Å². The van der Waals surface area contributed by atoms with Crippen LogP contribution in [0.4, 0.5) is 8.78 Å². The number of aromatic nitrogens is 2. The Morgan fingerprint density at radius 2 is 2.09 bits per heavy atom. The van der Waals surface area contributed by atoms with Crippen LogP contribution in [0.25, 0.3) is 0 Å². The largest absolute Gasteiger partial charge is 0.481 e. The summed E-state index contributed by atoms with van der Waals surface area (Å²) >= 11 is 0. The molecule has 0 fully saturated rings. The van der Waals surface area contributed by atoms with Gasteiger partial charge in [0.2, 0.25) is 5.88 Å². The maximum absolute atomic E-state index is 13.8. The topological polar surface area (TPSA) is 56.1 Å². The second-order valence-electron chi connectivity index (χ2n) is 4.95. The zero-order valence-electron chi connectivity index (χ0n) is 12.8. The molecule has 0 saturated carbocycles. The number of aryl methyl sites for hydroxylation is 2. The van der Waals surface area contributed by atoms with Crippen molar-refractivity contribution in [2.75, 3.05) is 7.11 Å². The van der Waals surface area contributed by atoms with Crippen molar-refractivity contribution >= 4 is 5.91 Å². The maximum Gasteiger partial charge on any atom is 0.259 e. The van der Waals surface area contributed by atoms with E-state index >= 15 is 0 Å². The van der Waals surface area contributed by atoms with Gasteiger partial charge >= 0.3 is 0 Å². The van der Waals surface area contributed by atoms with Crippen molar-refractivity contribution in [2.45, 2.75) is 19.9 Å². The van der Waals surface area contributed by atoms with Crippen molar-refractivity contribution < 1.29 is 18.3 Å². The van der Waals surface area contributed by atoms with Gasteiger partial charge in [-0.15, -0.1) is 0 Å². The first kappa shape index (κ1) is 15.9. The van der Waals surface area contributed by atoms with Crippen LogP contribution in [0.1, 0.15) is 34.6 Å². The highest BCUT2D eigenvalue weighted by atomic mass is 19.1. The first-order valence-corrected chi connectivity index (χ1v) is 6.68. The molecule has 7 heteroatoms. The van der Waals surface area contributed by atoms with Gasteiger partial charge in [-0.25, -0.2) is 13.5 Å². The number of carbonyl (C=O) groups excluding carboxylic acids is 1. The average Bonchev–Trinajstić information content (AvgIpc) is 2.72. The van der Waals surface area contributed by atoms with E-state index in [1.807, 2.05) is 0 Å². The highest BCUT2D eigenvalue weighted by molar-refractivity contribution is 5.97. The number of ether oxygens (including phenoxy) is 1. The predicted molar refractivity (Wildman–Crippen MR) is 76.7 cm³/mol. The zero-order valence-corrected chi connectivity index (χ0v) is 12.8. The lowest BCUT2D eigenvalue weighted by molar-refractivity contribution is 0.0935. The molecular formula is C15H17F2N3O2. The molecule has 22 heavy (non-hydrogen) atoms. The van der Waals surface area contributed by atoms with Gasteiger partial charge < -0.3 is 10.1 Å². The Hall–Kier alpha value is -2.44. The molecular weight excluding hydrogens is 292 g/mol. The number of methoxy groups -OCH3 is 1. The summed E-state index contributed by atoms with van der Waals surface area (Å²) in [6.07, 6.45) is 0. The summed E-state index contributed by atoms with van der Waals surface area (Å²) in [5.74, 6) is -1.48. The van der Waals surface area contributed by atoms with Crippen molar-refractivity contribution in [3.63, 3.8) is 0 Å². The first-order valence-electron chi connectivity index (χ1n) is 6.68. The number of rotatable bonds is 4. The Kier molecular flexibility index (Phi) is 4.44. The van der Waals surface area contributed by atoms with Gasteiger partial charge in [0, 0.05) is 18.7 Å². The van der Waals surface area contributed by atoms with Crippen molar-refractivity contribution in [3.05, 3.63) is 46.7 Å². The second kappa shape index (κ2) is 6.13. The molecule has 1 N–H and O–H groups in total. The Balaban J connectivity index is 2.25. The number of benzene rings is 1. The van der Waals surface area contributed by atoms with E-state index in [1.54, 1.807) is 20.9 Å². The van der Waals surface area contributed by atoms with Crippen LogP contribution in [0.3, 0.4) is 0 Å². The van der Waals surface area contributed by atoms with E-state index in [4.69, 9.17) is 4.74 Å². The molecule has 0 radical (unpaired) electrons. The Morgan fingerprint density at radius 3 is 2.68 bits per heavy atom. The van der Waals surface area contributed by atoms with Crippen LogP contribution < -0.4 is 10.1 Å². The molecule has 0 bridgehead atoms. The third kappa shape index (κ3) is 2.93. The summed E-state index contributed by atoms with van der Waals surface area (Å²) in [5.41, 5.74) is 0.998. The van der Waals surface area contributed by atoms with E-state index in [9.17, 15) is 13.6 Å². The average molecular weight is 309 g/mol. The molecule has 0 spiro atoms. The van der Waals surface area contributed by atoms with E-state index in [0.29, 0.717) is 17.1 Å². The predicted octanol–water partition coefficient (Wildman–Crippen LogP) is 2.51. The fourth-order valence-electron chi connectivity index (χ4n) is 2.33. The highest BCUT2D eigenvalue weighted by Crippen LogP contribution is 2.23. The lowest BCUT2D eigenvalue weighted by Gasteiger charge is -2.15. The minimum atomic E-state index is -0.706. The van der Waals surface area contributed by atoms with Crippen LogP contribution in [0, 0.1) is 18.6 Å². The Bertz CT molecular complexity index is 713. The van der Waals surface area contributed by atoms with Crippen LogP contribution in [-0.4, -0.2) is 22.8 Å². The van der Waals surface area contributed by atoms with Crippen LogP contribution in [0.5, 0.6) is 5.88 Å². The van der Waals surface area contributed by atoms with Gasteiger partial charge in [-0.05, 0) is 19.9 Å². The molecule has 118 valence electrons. The third-order valence-corrected chi connectivity index (χ3v) is 3.37. The lowest BCUT2D eigenvalue weighted by Crippen LogP contribution is -2.28. The lowest BCUT2D eigenvalue weighted by atomic mass is 10.1. The zero-order chi connectivity index (χ0) is 16.4. The molecule has 0 aliphatic rings. The summed E-state index contributed by atoms with van der Waals surface area (Å²) in [7, 11) is 3.10. The summed E-state index contributed by atoms with van der Waals surface area (Å²) in [6.45, 7) is 3.30. The molecule has 5 nitrogen and oxygen atoms in total. The minimum Gasteiger partial charge on any atom is -0.481 e. The van der Waals surface area contributed by atoms with Crippen LogP contribution in [0.2, 0.25) is 0 Å². The molecule has 0 aliphatic carbocycles. The molecule has 1 aromatic carbocycles. The smallest absolute Gasteiger partial charge is 0.259 e. The highest BCUT2D eigenvalue weighted by Gasteiger charge is 2.23. The first-order chi connectivity index (χ1) is 10.3. The molecule has 0 saturated heterocycles. The van der Waals surface area contributed by atoms with Crippen molar-refractivity contribution in [1.82, 2.24) is 15.1 Å². The van der Waals surface area contributed by atoms with Crippen LogP contribution >= 0.6 is 0 Å².